The van der Waals surface area contributed by atoms with Gasteiger partial charge in [0.2, 0.25) is 0 Å². The molecular weight excluding hydrogens is 519 g/mol. The number of nitrogens with one attached hydrogen (secondary N) is 2. The van der Waals surface area contributed by atoms with E-state index in [-0.39, 0.29) is 30.1 Å². The van der Waals surface area contributed by atoms with Gasteiger partial charge in [0, 0.05) is 26.1 Å². The van der Waals surface area contributed by atoms with Gasteiger partial charge in [0.05, 0.1) is 6.54 Å². The lowest BCUT2D eigenvalue weighted by Crippen LogP contribution is -2.46. The first-order chi connectivity index (χ1) is 15.3. The van der Waals surface area contributed by atoms with Gasteiger partial charge in [-0.25, -0.2) is 0 Å². The molecule has 0 saturated heterocycles. The van der Waals surface area contributed by atoms with Crippen molar-refractivity contribution in [1.29, 1.82) is 0 Å². The average Bonchev–Trinajstić information content (AvgIpc) is 3.28. The van der Waals surface area contributed by atoms with E-state index in [1.807, 2.05) is 24.3 Å². The fraction of sp³-hybridized carbons (Fsp3) is 0.609. The summed E-state index contributed by atoms with van der Waals surface area (Å²) in [7, 11) is 0. The molecule has 1 unspecified atom stereocenters. The molecule has 4 rings (SSSR count). The van der Waals surface area contributed by atoms with Crippen LogP contribution in [-0.2, 0) is 13.0 Å². The number of fused-ring (bicyclic) bond motifs is 1. The number of benzene rings is 1. The van der Waals surface area contributed by atoms with Crippen molar-refractivity contribution in [3.63, 3.8) is 0 Å². The van der Waals surface area contributed by atoms with Crippen molar-refractivity contribution in [3.05, 3.63) is 36.4 Å². The van der Waals surface area contributed by atoms with E-state index in [0.29, 0.717) is 19.1 Å². The van der Waals surface area contributed by atoms with E-state index in [4.69, 9.17) is 14.5 Å². The number of guanidine groups is 1. The van der Waals surface area contributed by atoms with Crippen LogP contribution in [0.25, 0.3) is 0 Å². The van der Waals surface area contributed by atoms with Crippen molar-refractivity contribution in [2.45, 2.75) is 58.1 Å². The van der Waals surface area contributed by atoms with Crippen molar-refractivity contribution < 1.29 is 9.47 Å². The SMILES string of the molecule is CCc1nncn1CCNC(=NCC1CCCCC1)NCC1COc2ccccc2O1.I. The second-order valence-electron chi connectivity index (χ2n) is 8.29. The number of hydrogen-bond acceptors (Lipinski definition) is 5. The fourth-order valence-corrected chi connectivity index (χ4v) is 4.17. The Bertz CT molecular complexity index is 853. The van der Waals surface area contributed by atoms with Gasteiger partial charge in [-0.3, -0.25) is 4.99 Å². The summed E-state index contributed by atoms with van der Waals surface area (Å²) in [6, 6.07) is 7.81. The minimum Gasteiger partial charge on any atom is -0.486 e. The maximum atomic E-state index is 6.08. The standard InChI is InChI=1S/C23H34N6O2.HI/c1-2-22-28-27-17-29(22)13-12-24-23(25-14-18-8-4-3-5-9-18)26-15-19-16-30-20-10-6-7-11-21(20)31-19;/h6-7,10-11,17-19H,2-5,8-9,12-16H2,1H3,(H2,24,25,26);1H. The molecule has 1 atom stereocenters. The van der Waals surface area contributed by atoms with E-state index in [0.717, 1.165) is 49.3 Å². The summed E-state index contributed by atoms with van der Waals surface area (Å²) in [5.41, 5.74) is 0. The number of halogens is 1. The first kappa shape index (κ1) is 24.6. The van der Waals surface area contributed by atoms with Gasteiger partial charge >= 0.3 is 0 Å². The Morgan fingerprint density at radius 3 is 2.78 bits per heavy atom. The Kier molecular flexibility index (Phi) is 9.89. The van der Waals surface area contributed by atoms with Gasteiger partial charge in [0.25, 0.3) is 0 Å². The first-order valence-electron chi connectivity index (χ1n) is 11.6. The quantitative estimate of drug-likeness (QED) is 0.296. The Labute approximate surface area is 207 Å². The van der Waals surface area contributed by atoms with Crippen LogP contribution in [0, 0.1) is 5.92 Å². The summed E-state index contributed by atoms with van der Waals surface area (Å²) in [6.07, 6.45) is 9.21. The third-order valence-electron chi connectivity index (χ3n) is 5.95. The van der Waals surface area contributed by atoms with Crippen molar-refractivity contribution in [2.24, 2.45) is 10.9 Å². The number of rotatable bonds is 8. The smallest absolute Gasteiger partial charge is 0.191 e. The third kappa shape index (κ3) is 6.98. The van der Waals surface area contributed by atoms with Gasteiger partial charge < -0.3 is 24.7 Å². The molecule has 0 radical (unpaired) electrons. The molecule has 176 valence electrons. The maximum Gasteiger partial charge on any atom is 0.191 e. The van der Waals surface area contributed by atoms with Crippen LogP contribution in [0.3, 0.4) is 0 Å². The number of hydrogen-bond donors (Lipinski definition) is 2. The van der Waals surface area contributed by atoms with E-state index < -0.39 is 0 Å². The van der Waals surface area contributed by atoms with Gasteiger partial charge in [0.15, 0.2) is 17.5 Å². The zero-order chi connectivity index (χ0) is 21.3. The largest absolute Gasteiger partial charge is 0.486 e. The summed E-state index contributed by atoms with van der Waals surface area (Å²) >= 11 is 0. The van der Waals surface area contributed by atoms with E-state index in [2.05, 4.69) is 32.3 Å². The molecule has 1 aliphatic carbocycles. The highest BCUT2D eigenvalue weighted by Crippen LogP contribution is 2.30. The molecule has 2 heterocycles. The average molecular weight is 554 g/mol. The number of nitrogens with zero attached hydrogens (tertiary/aromatic N) is 4. The molecule has 1 saturated carbocycles. The molecule has 0 bridgehead atoms. The summed E-state index contributed by atoms with van der Waals surface area (Å²) in [4.78, 5) is 4.90. The zero-order valence-electron chi connectivity index (χ0n) is 18.8. The fourth-order valence-electron chi connectivity index (χ4n) is 4.17. The highest BCUT2D eigenvalue weighted by Gasteiger charge is 2.21. The maximum absolute atomic E-state index is 6.08. The van der Waals surface area contributed by atoms with Gasteiger partial charge in [-0.15, -0.1) is 34.2 Å². The zero-order valence-corrected chi connectivity index (χ0v) is 21.2. The summed E-state index contributed by atoms with van der Waals surface area (Å²) in [5, 5.41) is 15.1. The lowest BCUT2D eigenvalue weighted by molar-refractivity contribution is 0.0936. The van der Waals surface area contributed by atoms with Gasteiger partial charge in [0.1, 0.15) is 24.9 Å². The number of aryl methyl sites for hydroxylation is 1. The molecule has 2 aliphatic rings. The second-order valence-corrected chi connectivity index (χ2v) is 8.29. The monoisotopic (exact) mass is 554 g/mol. The lowest BCUT2D eigenvalue weighted by atomic mass is 9.89. The van der Waals surface area contributed by atoms with Crippen molar-refractivity contribution >= 4 is 29.9 Å². The van der Waals surface area contributed by atoms with Gasteiger partial charge in [-0.1, -0.05) is 38.3 Å². The predicted octanol–water partition coefficient (Wildman–Crippen LogP) is 3.41. The summed E-state index contributed by atoms with van der Waals surface area (Å²) in [6.45, 7) is 5.69. The molecule has 2 N–H and O–H groups in total. The minimum absolute atomic E-state index is 0. The number of para-hydroxylation sites is 2. The molecule has 1 aromatic heterocycles. The number of aliphatic imine (C=N–C) groups is 1. The molecule has 9 heteroatoms. The molecule has 0 amide bonds. The number of ether oxygens (including phenoxy) is 2. The van der Waals surface area contributed by atoms with Crippen LogP contribution in [0.15, 0.2) is 35.6 Å². The molecule has 1 aromatic carbocycles. The van der Waals surface area contributed by atoms with E-state index in [1.54, 1.807) is 6.33 Å². The summed E-state index contributed by atoms with van der Waals surface area (Å²) < 4.78 is 14.0. The Balaban J connectivity index is 0.00000289. The van der Waals surface area contributed by atoms with Crippen LogP contribution in [0.5, 0.6) is 11.5 Å². The van der Waals surface area contributed by atoms with Crippen LogP contribution < -0.4 is 20.1 Å². The number of aromatic nitrogens is 3. The normalized spacial score (nSPS) is 18.7. The molecule has 1 fully saturated rings. The Hall–Kier alpha value is -2.04. The van der Waals surface area contributed by atoms with Crippen molar-refractivity contribution in [3.8, 4) is 11.5 Å². The van der Waals surface area contributed by atoms with Crippen LogP contribution in [-0.4, -0.2) is 53.1 Å². The van der Waals surface area contributed by atoms with Crippen LogP contribution >= 0.6 is 24.0 Å². The Morgan fingerprint density at radius 1 is 1.16 bits per heavy atom. The topological polar surface area (TPSA) is 85.6 Å². The van der Waals surface area contributed by atoms with E-state index in [9.17, 15) is 0 Å². The van der Waals surface area contributed by atoms with Crippen LogP contribution in [0.4, 0.5) is 0 Å². The van der Waals surface area contributed by atoms with Crippen LogP contribution in [0.2, 0.25) is 0 Å². The minimum atomic E-state index is -0.0545. The highest BCUT2D eigenvalue weighted by molar-refractivity contribution is 14.0. The second kappa shape index (κ2) is 12.9. The molecular formula is C23H35IN6O2. The van der Waals surface area contributed by atoms with Crippen LogP contribution in [0.1, 0.15) is 44.9 Å². The molecule has 1 aliphatic heterocycles. The summed E-state index contributed by atoms with van der Waals surface area (Å²) in [5.74, 6) is 4.14. The molecule has 2 aromatic rings. The highest BCUT2D eigenvalue weighted by atomic mass is 127. The van der Waals surface area contributed by atoms with Gasteiger partial charge in [-0.2, -0.15) is 0 Å². The molecule has 0 spiro atoms. The molecule has 8 nitrogen and oxygen atoms in total. The van der Waals surface area contributed by atoms with Crippen molar-refractivity contribution in [2.75, 3.05) is 26.2 Å². The van der Waals surface area contributed by atoms with Crippen molar-refractivity contribution in [1.82, 2.24) is 25.4 Å². The van der Waals surface area contributed by atoms with E-state index >= 15 is 0 Å². The van der Waals surface area contributed by atoms with E-state index in [1.165, 1.54) is 32.1 Å². The lowest BCUT2D eigenvalue weighted by Gasteiger charge is -2.27. The molecule has 32 heavy (non-hydrogen) atoms. The Morgan fingerprint density at radius 2 is 1.97 bits per heavy atom. The third-order valence-corrected chi connectivity index (χ3v) is 5.95. The predicted molar refractivity (Wildman–Crippen MR) is 136 cm³/mol. The van der Waals surface area contributed by atoms with Gasteiger partial charge in [-0.05, 0) is 30.9 Å². The first-order valence-corrected chi connectivity index (χ1v) is 11.6.